The fourth-order valence-electron chi connectivity index (χ4n) is 1.65. The van der Waals surface area contributed by atoms with Gasteiger partial charge < -0.3 is 0 Å². The Balaban J connectivity index is 2.88. The molecule has 1 aromatic heterocycles. The number of pyridine rings is 1. The van der Waals surface area contributed by atoms with Crippen molar-refractivity contribution in [3.8, 4) is 0 Å². The molecule has 0 aliphatic rings. The van der Waals surface area contributed by atoms with Crippen molar-refractivity contribution in [2.45, 2.75) is 11.0 Å². The van der Waals surface area contributed by atoms with Gasteiger partial charge in [0.25, 0.3) is 0 Å². The van der Waals surface area contributed by atoms with Gasteiger partial charge in [-0.15, -0.1) is 0 Å². The third-order valence-electron chi connectivity index (χ3n) is 2.46. The highest BCUT2D eigenvalue weighted by Gasteiger charge is 2.34. The second-order valence-electron chi connectivity index (χ2n) is 3.63. The first-order chi connectivity index (χ1) is 8.73. The van der Waals surface area contributed by atoms with Crippen molar-refractivity contribution in [2.75, 3.05) is 0 Å². The summed E-state index contributed by atoms with van der Waals surface area (Å²) < 4.78 is 52.0. The van der Waals surface area contributed by atoms with E-state index in [2.05, 4.69) is 4.98 Å². The van der Waals surface area contributed by atoms with Crippen LogP contribution in [0.2, 0.25) is 5.02 Å². The van der Waals surface area contributed by atoms with Crippen LogP contribution in [0.3, 0.4) is 0 Å². The van der Waals surface area contributed by atoms with Gasteiger partial charge in [0, 0.05) is 5.39 Å². The molecule has 1 heterocycles. The fraction of sp³-hybridized carbons (Fsp3) is 0.182. The third-order valence-corrected chi connectivity index (χ3v) is 3.31. The normalized spacial score (nSPS) is 12.4. The zero-order valence-electron chi connectivity index (χ0n) is 8.90. The van der Waals surface area contributed by atoms with E-state index in [4.69, 9.17) is 34.8 Å². The van der Waals surface area contributed by atoms with Crippen molar-refractivity contribution in [3.05, 3.63) is 40.3 Å². The molecule has 0 bridgehead atoms. The molecule has 102 valence electrons. The Hall–Kier alpha value is -0.780. The Labute approximate surface area is 120 Å². The smallest absolute Gasteiger partial charge is 0.219 e. The average Bonchev–Trinajstić information content (AvgIpc) is 2.26. The van der Waals surface area contributed by atoms with Gasteiger partial charge in [-0.3, -0.25) is 0 Å². The molecule has 0 atom stereocenters. The molecule has 0 aliphatic heterocycles. The number of para-hydroxylation sites is 1. The van der Waals surface area contributed by atoms with Crippen LogP contribution in [0.5, 0.6) is 0 Å². The number of fused-ring (bicyclic) bond motifs is 1. The molecule has 0 radical (unpaired) electrons. The zero-order valence-corrected chi connectivity index (χ0v) is 11.2. The van der Waals surface area contributed by atoms with Crippen molar-refractivity contribution in [1.29, 1.82) is 0 Å². The van der Waals surface area contributed by atoms with Crippen LogP contribution in [0, 0.1) is 5.95 Å². The molecule has 0 saturated carbocycles. The predicted octanol–water partition coefficient (Wildman–Crippen LogP) is 5.52. The molecular formula is C11H4Cl3F4N. The Morgan fingerprint density at radius 3 is 2.32 bits per heavy atom. The van der Waals surface area contributed by atoms with E-state index in [1.165, 1.54) is 6.07 Å². The Morgan fingerprint density at radius 1 is 1.16 bits per heavy atom. The maximum atomic E-state index is 13.7. The summed E-state index contributed by atoms with van der Waals surface area (Å²) in [5.74, 6) is -1.22. The number of hydrogen-bond acceptors (Lipinski definition) is 1. The highest BCUT2D eigenvalue weighted by molar-refractivity contribution is 6.46. The van der Waals surface area contributed by atoms with Gasteiger partial charge in [0.1, 0.15) is 4.84 Å². The first kappa shape index (κ1) is 14.6. The average molecular weight is 333 g/mol. The maximum absolute atomic E-state index is 13.7. The highest BCUT2D eigenvalue weighted by Crippen LogP contribution is 2.40. The van der Waals surface area contributed by atoms with Gasteiger partial charge >= 0.3 is 6.18 Å². The topological polar surface area (TPSA) is 12.9 Å². The van der Waals surface area contributed by atoms with Gasteiger partial charge in [-0.1, -0.05) is 46.9 Å². The van der Waals surface area contributed by atoms with Crippen LogP contribution < -0.4 is 0 Å². The lowest BCUT2D eigenvalue weighted by Gasteiger charge is -2.13. The zero-order chi connectivity index (χ0) is 14.4. The molecule has 0 saturated heterocycles. The van der Waals surface area contributed by atoms with Crippen LogP contribution >= 0.6 is 34.8 Å². The number of aromatic nitrogens is 1. The molecule has 8 heteroatoms. The van der Waals surface area contributed by atoms with Gasteiger partial charge in [-0.2, -0.15) is 17.6 Å². The Bertz CT molecular complexity index is 640. The van der Waals surface area contributed by atoms with Crippen molar-refractivity contribution in [1.82, 2.24) is 4.98 Å². The Morgan fingerprint density at radius 2 is 1.79 bits per heavy atom. The summed E-state index contributed by atoms with van der Waals surface area (Å²) in [6, 6.07) is 3.24. The van der Waals surface area contributed by atoms with Crippen molar-refractivity contribution in [3.63, 3.8) is 0 Å². The Kier molecular flexibility index (Phi) is 3.82. The van der Waals surface area contributed by atoms with Crippen LogP contribution in [0.15, 0.2) is 18.2 Å². The van der Waals surface area contributed by atoms with Crippen LogP contribution in [0.4, 0.5) is 17.6 Å². The second kappa shape index (κ2) is 4.96. The van der Waals surface area contributed by atoms with Gasteiger partial charge in [-0.25, -0.2) is 4.98 Å². The number of alkyl halides is 5. The lowest BCUT2D eigenvalue weighted by atomic mass is 10.1. The minimum absolute atomic E-state index is 0.0563. The lowest BCUT2D eigenvalue weighted by molar-refractivity contribution is -0.136. The molecule has 2 aromatic rings. The van der Waals surface area contributed by atoms with Gasteiger partial charge in [0.2, 0.25) is 5.95 Å². The number of halogens is 7. The molecule has 0 amide bonds. The van der Waals surface area contributed by atoms with Crippen molar-refractivity contribution < 1.29 is 17.6 Å². The molecule has 0 spiro atoms. The third kappa shape index (κ3) is 2.59. The predicted molar refractivity (Wildman–Crippen MR) is 66.2 cm³/mol. The quantitative estimate of drug-likeness (QED) is 0.380. The molecule has 0 N–H and O–H groups in total. The van der Waals surface area contributed by atoms with E-state index >= 15 is 0 Å². The van der Waals surface area contributed by atoms with Gasteiger partial charge in [0.05, 0.1) is 21.7 Å². The molecule has 0 aliphatic carbocycles. The van der Waals surface area contributed by atoms with Crippen LogP contribution in [0.25, 0.3) is 10.9 Å². The van der Waals surface area contributed by atoms with Crippen molar-refractivity contribution >= 4 is 45.7 Å². The highest BCUT2D eigenvalue weighted by atomic mass is 35.5. The molecule has 2 rings (SSSR count). The molecule has 1 nitrogen and oxygen atoms in total. The summed E-state index contributed by atoms with van der Waals surface area (Å²) in [6.07, 6.45) is -4.66. The van der Waals surface area contributed by atoms with E-state index in [-0.39, 0.29) is 16.0 Å². The summed E-state index contributed by atoms with van der Waals surface area (Å²) in [5, 5.41) is -0.331. The number of nitrogens with zero attached hydrogens (tertiary/aromatic N) is 1. The number of rotatable bonds is 1. The maximum Gasteiger partial charge on any atom is 0.418 e. The number of benzene rings is 1. The lowest BCUT2D eigenvalue weighted by Crippen LogP contribution is -2.08. The summed E-state index contributed by atoms with van der Waals surface area (Å²) >= 11 is 16.9. The largest absolute Gasteiger partial charge is 0.418 e. The van der Waals surface area contributed by atoms with Gasteiger partial charge in [-0.05, 0) is 6.07 Å². The summed E-state index contributed by atoms with van der Waals surface area (Å²) in [6.45, 7) is 0. The van der Waals surface area contributed by atoms with Crippen LogP contribution in [-0.2, 0) is 6.18 Å². The first-order valence-corrected chi connectivity index (χ1v) is 6.11. The van der Waals surface area contributed by atoms with Crippen molar-refractivity contribution in [2.24, 2.45) is 0 Å². The fourth-order valence-corrected chi connectivity index (χ4v) is 2.50. The van der Waals surface area contributed by atoms with E-state index in [0.717, 1.165) is 12.1 Å². The minimum atomic E-state index is -4.66. The first-order valence-electron chi connectivity index (χ1n) is 4.86. The van der Waals surface area contributed by atoms with E-state index in [0.29, 0.717) is 0 Å². The van der Waals surface area contributed by atoms with E-state index in [9.17, 15) is 17.6 Å². The molecule has 1 aromatic carbocycles. The van der Waals surface area contributed by atoms with E-state index < -0.39 is 28.0 Å². The molecule has 0 fully saturated rings. The second-order valence-corrected chi connectivity index (χ2v) is 5.10. The van der Waals surface area contributed by atoms with E-state index in [1.807, 2.05) is 0 Å². The summed E-state index contributed by atoms with van der Waals surface area (Å²) in [7, 11) is 0. The molecular weight excluding hydrogens is 328 g/mol. The minimum Gasteiger partial charge on any atom is -0.219 e. The molecule has 19 heavy (non-hydrogen) atoms. The van der Waals surface area contributed by atoms with E-state index in [1.54, 1.807) is 0 Å². The molecule has 0 unspecified atom stereocenters. The standard InChI is InChI=1S/C11H4Cl3F4N/c12-7-4-2-1-3-5(11(16,17)18)8(4)19-10(15)6(7)9(13)14/h1-3,9H. The summed E-state index contributed by atoms with van der Waals surface area (Å²) in [4.78, 5) is 1.96. The van der Waals surface area contributed by atoms with Crippen LogP contribution in [-0.4, -0.2) is 4.98 Å². The summed E-state index contributed by atoms with van der Waals surface area (Å²) in [5.41, 5.74) is -1.98. The van der Waals surface area contributed by atoms with Crippen LogP contribution in [0.1, 0.15) is 16.0 Å². The monoisotopic (exact) mass is 331 g/mol. The number of hydrogen-bond donors (Lipinski definition) is 0. The SMILES string of the molecule is Fc1nc2c(C(F)(F)F)cccc2c(Cl)c1C(Cl)Cl. The van der Waals surface area contributed by atoms with Gasteiger partial charge in [0.15, 0.2) is 0 Å².